The van der Waals surface area contributed by atoms with Crippen LogP contribution in [-0.2, 0) is 38.5 Å². The van der Waals surface area contributed by atoms with E-state index in [0.29, 0.717) is 45.7 Å². The van der Waals surface area contributed by atoms with Gasteiger partial charge in [-0.15, -0.1) is 0 Å². The van der Waals surface area contributed by atoms with Crippen molar-refractivity contribution >= 4 is 65.4 Å². The molecular formula is C66H78N6O2. The minimum Gasteiger partial charge on any atom is -0.504 e. The molecule has 6 bridgehead atoms. The molecule has 74 heavy (non-hydrogen) atoms. The van der Waals surface area contributed by atoms with Crippen LogP contribution in [0.1, 0.15) is 152 Å². The molecule has 0 saturated heterocycles. The third-order valence-corrected chi connectivity index (χ3v) is 14.1. The molecule has 384 valence electrons. The Morgan fingerprint density at radius 1 is 0.270 bits per heavy atom. The van der Waals surface area contributed by atoms with Crippen molar-refractivity contribution in [2.24, 2.45) is 0 Å². The molecule has 8 heteroatoms. The van der Waals surface area contributed by atoms with Gasteiger partial charge in [0.2, 0.25) is 0 Å². The van der Waals surface area contributed by atoms with E-state index in [1.54, 1.807) is 12.4 Å². The molecule has 0 atom stereocenters. The van der Waals surface area contributed by atoms with E-state index in [0.717, 1.165) is 146 Å². The summed E-state index contributed by atoms with van der Waals surface area (Å²) >= 11 is 0. The van der Waals surface area contributed by atoms with Crippen molar-refractivity contribution in [3.05, 3.63) is 168 Å². The van der Waals surface area contributed by atoms with Crippen molar-refractivity contribution in [3.63, 3.8) is 0 Å². The average Bonchev–Trinajstić information content (AvgIpc) is 3.42. The maximum atomic E-state index is 12.0. The van der Waals surface area contributed by atoms with Gasteiger partial charge < -0.3 is 10.2 Å². The SMILES string of the molecule is CCCCc1c(CCCC)c2ccc1cnc1ccccc1ncc1ccc(cnc3ccccc3ncc3c(O)c(O)c(cnc4ccccc4nc2)c(CCCC)c3CCCC)c(CCCC)c1CCCC. The van der Waals surface area contributed by atoms with E-state index in [2.05, 4.69) is 77.9 Å². The fourth-order valence-electron chi connectivity index (χ4n) is 9.83. The van der Waals surface area contributed by atoms with Gasteiger partial charge in [-0.1, -0.05) is 141 Å². The highest BCUT2D eigenvalue weighted by atomic mass is 16.3. The lowest BCUT2D eigenvalue weighted by Gasteiger charge is -2.15. The van der Waals surface area contributed by atoms with Crippen LogP contribution >= 0.6 is 0 Å². The van der Waals surface area contributed by atoms with Gasteiger partial charge in [0.15, 0.2) is 11.5 Å². The summed E-state index contributed by atoms with van der Waals surface area (Å²) in [5, 5.41) is 29.5. The van der Waals surface area contributed by atoms with E-state index in [9.17, 15) is 10.2 Å². The van der Waals surface area contributed by atoms with Gasteiger partial charge in [0, 0.05) is 48.0 Å². The third kappa shape index (κ3) is 14.0. The van der Waals surface area contributed by atoms with Crippen molar-refractivity contribution < 1.29 is 10.2 Å². The molecule has 8 nitrogen and oxygen atoms in total. The zero-order valence-corrected chi connectivity index (χ0v) is 45.0. The van der Waals surface area contributed by atoms with Crippen molar-refractivity contribution in [2.75, 3.05) is 0 Å². The second-order valence-corrected chi connectivity index (χ2v) is 19.5. The number of aromatic nitrogens is 6. The molecule has 12 rings (SSSR count). The molecule has 0 amide bonds. The third-order valence-electron chi connectivity index (χ3n) is 14.1. The van der Waals surface area contributed by atoms with Crippen LogP contribution in [-0.4, -0.2) is 40.1 Å². The van der Waals surface area contributed by atoms with E-state index in [4.69, 9.17) is 29.9 Å². The van der Waals surface area contributed by atoms with Crippen molar-refractivity contribution in [1.82, 2.24) is 29.9 Å². The molecule has 6 heterocycles. The summed E-state index contributed by atoms with van der Waals surface area (Å²) in [7, 11) is 0. The predicted octanol–water partition coefficient (Wildman–Crippen LogP) is 17.5. The van der Waals surface area contributed by atoms with Crippen LogP contribution in [0.2, 0.25) is 0 Å². The van der Waals surface area contributed by atoms with Gasteiger partial charge >= 0.3 is 0 Å². The Morgan fingerprint density at radius 3 is 0.689 bits per heavy atom. The van der Waals surface area contributed by atoms with Crippen molar-refractivity contribution in [1.29, 1.82) is 0 Å². The summed E-state index contributed by atoms with van der Waals surface area (Å²) in [5.41, 5.74) is 11.6. The maximum absolute atomic E-state index is 12.0. The Hall–Kier alpha value is -7.06. The Labute approximate surface area is 439 Å². The summed E-state index contributed by atoms with van der Waals surface area (Å²) in [6.07, 6.45) is 29.0. The number of nitrogens with zero attached hydrogens (tertiary/aromatic N) is 6. The number of unbranched alkanes of at least 4 members (excludes halogenated alkanes) is 6. The summed E-state index contributed by atoms with van der Waals surface area (Å²) in [4.78, 5) is 30.7. The standard InChI is InChI=1S/C66H78N6O2/c1-7-13-25-51-47-37-39-49(53(51)27-15-9-3)43-69-61-33-21-23-35-63(61)71-45-57-55(29-17-11-5)56(30-18-12-6)58(66(74)65(57)73)46-72-64-36-24-22-34-62(64)70-44-50-40-38-48(52(26-14-8-2)54(50)28-16-10-4)42-68-60-32-20-19-31-59(60)67-41-47/h19-24,31-46,73-74H,7-18,25-30H2,1-6H3. The number of aryl methyl sites for hydroxylation is 6. The molecule has 0 radical (unpaired) electrons. The van der Waals surface area contributed by atoms with Crippen LogP contribution in [0.25, 0.3) is 65.4 Å². The second-order valence-electron chi connectivity index (χ2n) is 19.5. The number of rotatable bonds is 18. The largest absolute Gasteiger partial charge is 0.504 e. The predicted molar refractivity (Wildman–Crippen MR) is 313 cm³/mol. The average molecular weight is 987 g/mol. The maximum Gasteiger partial charge on any atom is 0.167 e. The molecule has 0 aliphatic heterocycles. The zero-order chi connectivity index (χ0) is 52.1. The fraction of sp³-hybridized carbons (Fsp3) is 0.364. The molecule has 6 aromatic carbocycles. The van der Waals surface area contributed by atoms with Gasteiger partial charge in [-0.2, -0.15) is 0 Å². The lowest BCUT2D eigenvalue weighted by atomic mass is 9.91. The first-order chi connectivity index (χ1) is 36.3. The smallest absolute Gasteiger partial charge is 0.167 e. The number of phenols is 2. The zero-order valence-electron chi connectivity index (χ0n) is 45.0. The summed E-state index contributed by atoms with van der Waals surface area (Å²) in [5.74, 6) is -0.402. The second kappa shape index (κ2) is 28.4. The van der Waals surface area contributed by atoms with Crippen LogP contribution in [0, 0.1) is 0 Å². The molecule has 12 aromatic rings. The number of aromatic hydroxyl groups is 2. The molecule has 0 aliphatic rings. The fourth-order valence-corrected chi connectivity index (χ4v) is 9.83. The quantitative estimate of drug-likeness (QED) is 0.0817. The van der Waals surface area contributed by atoms with Gasteiger partial charge in [-0.25, -0.2) is 0 Å². The lowest BCUT2D eigenvalue weighted by Crippen LogP contribution is -1.99. The molecule has 0 unspecified atom stereocenters. The van der Waals surface area contributed by atoms with Gasteiger partial charge in [-0.3, -0.25) is 29.9 Å². The van der Waals surface area contributed by atoms with Crippen LogP contribution < -0.4 is 0 Å². The summed E-state index contributed by atoms with van der Waals surface area (Å²) in [6, 6.07) is 32.7. The highest BCUT2D eigenvalue weighted by Crippen LogP contribution is 2.41. The highest BCUT2D eigenvalue weighted by molar-refractivity contribution is 5.88. The lowest BCUT2D eigenvalue weighted by molar-refractivity contribution is 0.411. The summed E-state index contributed by atoms with van der Waals surface area (Å²) < 4.78 is 0. The van der Waals surface area contributed by atoms with Crippen LogP contribution in [0.3, 0.4) is 0 Å². The number of hydrogen-bond acceptors (Lipinski definition) is 8. The van der Waals surface area contributed by atoms with Crippen molar-refractivity contribution in [3.8, 4) is 11.5 Å². The topological polar surface area (TPSA) is 118 Å². The Balaban J connectivity index is 1.64. The number of benzene rings is 6. The molecule has 0 saturated carbocycles. The van der Waals surface area contributed by atoms with Crippen molar-refractivity contribution in [2.45, 2.75) is 157 Å². The molecule has 6 aromatic heterocycles. The Kier molecular flexibility index (Phi) is 21.0. The highest BCUT2D eigenvalue weighted by Gasteiger charge is 2.18. The van der Waals surface area contributed by atoms with Crippen LogP contribution in [0.5, 0.6) is 11.5 Å². The molecule has 0 fully saturated rings. The van der Waals surface area contributed by atoms with E-state index < -0.39 is 0 Å². The van der Waals surface area contributed by atoms with Crippen LogP contribution in [0.15, 0.2) is 134 Å². The summed E-state index contributed by atoms with van der Waals surface area (Å²) in [6.45, 7) is 13.3. The van der Waals surface area contributed by atoms with E-state index in [1.165, 1.54) is 22.3 Å². The van der Waals surface area contributed by atoms with Gasteiger partial charge in [0.05, 0.1) is 33.1 Å². The van der Waals surface area contributed by atoms with Gasteiger partial charge in [-0.05, 0) is 168 Å². The molecule has 0 spiro atoms. The van der Waals surface area contributed by atoms with E-state index >= 15 is 0 Å². The number of phenolic OH excluding ortho intramolecular Hbond substituents is 2. The van der Waals surface area contributed by atoms with Crippen LogP contribution in [0.4, 0.5) is 0 Å². The molecule has 0 aliphatic carbocycles. The molecule has 2 N–H and O–H groups in total. The van der Waals surface area contributed by atoms with E-state index in [1.807, 2.05) is 85.5 Å². The first-order valence-electron chi connectivity index (χ1n) is 27.7. The Morgan fingerprint density at radius 2 is 0.473 bits per heavy atom. The first kappa shape index (κ1) is 54.7. The Bertz CT molecular complexity index is 3150. The van der Waals surface area contributed by atoms with Gasteiger partial charge in [0.1, 0.15) is 0 Å². The van der Waals surface area contributed by atoms with E-state index in [-0.39, 0.29) is 11.5 Å². The molecular weight excluding hydrogens is 909 g/mol. The normalized spacial score (nSPS) is 11.1. The van der Waals surface area contributed by atoms with Gasteiger partial charge in [0.25, 0.3) is 0 Å². The number of para-hydroxylation sites is 6. The minimum atomic E-state index is -0.201. The number of hydrogen-bond donors (Lipinski definition) is 2. The monoisotopic (exact) mass is 987 g/mol. The minimum absolute atomic E-state index is 0.201. The first-order valence-corrected chi connectivity index (χ1v) is 27.7.